The number of ether oxygens (including phenoxy) is 1. The first-order chi connectivity index (χ1) is 7.08. The molecule has 1 rings (SSSR count). The highest BCUT2D eigenvalue weighted by Gasteiger charge is 2.06. The van der Waals surface area contributed by atoms with E-state index in [2.05, 4.69) is 14.8 Å². The molecule has 0 saturated carbocycles. The summed E-state index contributed by atoms with van der Waals surface area (Å²) < 4.78 is 5.82. The van der Waals surface area contributed by atoms with Gasteiger partial charge in [-0.15, -0.1) is 5.10 Å². The number of nitrogens with zero attached hydrogens (tertiary/aromatic N) is 3. The Morgan fingerprint density at radius 1 is 1.60 bits per heavy atom. The van der Waals surface area contributed by atoms with Crippen LogP contribution in [0.1, 0.15) is 6.42 Å². The van der Waals surface area contributed by atoms with Crippen LogP contribution < -0.4 is 5.73 Å². The molecule has 3 N–H and O–H groups in total. The van der Waals surface area contributed by atoms with Gasteiger partial charge in [-0.05, 0) is 0 Å². The molecule has 1 aromatic heterocycles. The predicted molar refractivity (Wildman–Crippen MR) is 47.6 cm³/mol. The molecule has 0 aliphatic carbocycles. The normalized spacial score (nSPS) is 9.87. The zero-order chi connectivity index (χ0) is 11.3. The molecule has 0 bridgehead atoms. The Kier molecular flexibility index (Phi) is 3.61. The average molecular weight is 214 g/mol. The lowest BCUT2D eigenvalue weighted by molar-refractivity contribution is -0.147. The highest BCUT2D eigenvalue weighted by atomic mass is 16.5. The number of carboxylic acid groups (broad SMARTS) is 1. The number of esters is 1. The van der Waals surface area contributed by atoms with Gasteiger partial charge in [0.05, 0.1) is 6.42 Å². The second-order valence-electron chi connectivity index (χ2n) is 2.66. The Morgan fingerprint density at radius 2 is 2.33 bits per heavy atom. The van der Waals surface area contributed by atoms with Gasteiger partial charge in [-0.25, -0.2) is 9.67 Å². The number of nitrogen functional groups attached to an aromatic ring is 1. The van der Waals surface area contributed by atoms with Crippen molar-refractivity contribution in [3.05, 3.63) is 6.33 Å². The number of carbonyl (C=O) groups excluding carboxylic acids is 1. The van der Waals surface area contributed by atoms with Crippen molar-refractivity contribution in [2.75, 3.05) is 12.3 Å². The summed E-state index contributed by atoms with van der Waals surface area (Å²) in [7, 11) is 0. The average Bonchev–Trinajstić information content (AvgIpc) is 2.50. The van der Waals surface area contributed by atoms with Crippen molar-refractivity contribution < 1.29 is 19.4 Å². The summed E-state index contributed by atoms with van der Waals surface area (Å²) in [4.78, 5) is 24.8. The lowest BCUT2D eigenvalue weighted by atomic mass is 10.5. The number of aliphatic carboxylic acids is 1. The highest BCUT2D eigenvalue weighted by Crippen LogP contribution is 1.92. The van der Waals surface area contributed by atoms with Crippen LogP contribution >= 0.6 is 0 Å². The minimum Gasteiger partial charge on any atom is -0.481 e. The molecular weight excluding hydrogens is 204 g/mol. The van der Waals surface area contributed by atoms with E-state index in [0.29, 0.717) is 0 Å². The molecule has 15 heavy (non-hydrogen) atoms. The van der Waals surface area contributed by atoms with Crippen LogP contribution in [0, 0.1) is 0 Å². The minimum absolute atomic E-state index is 0.0633. The monoisotopic (exact) mass is 214 g/mol. The van der Waals surface area contributed by atoms with Crippen molar-refractivity contribution in [1.82, 2.24) is 14.8 Å². The maximum Gasteiger partial charge on any atom is 0.327 e. The SMILES string of the molecule is Nc1ncn(CC(=O)OCCC(=O)O)n1. The standard InChI is InChI=1S/C7H10N4O4/c8-7-9-4-11(10-7)3-6(14)15-2-1-5(12)13/h4H,1-3H2,(H2,8,10)(H,12,13). The third-order valence-corrected chi connectivity index (χ3v) is 1.42. The van der Waals surface area contributed by atoms with Gasteiger partial charge < -0.3 is 15.6 Å². The largest absolute Gasteiger partial charge is 0.481 e. The Labute approximate surface area is 84.7 Å². The fourth-order valence-corrected chi connectivity index (χ4v) is 0.815. The van der Waals surface area contributed by atoms with Crippen LogP contribution in [-0.2, 0) is 20.9 Å². The quantitative estimate of drug-likeness (QED) is 0.595. The Bertz CT molecular complexity index is 362. The van der Waals surface area contributed by atoms with Gasteiger partial charge in [-0.1, -0.05) is 0 Å². The zero-order valence-corrected chi connectivity index (χ0v) is 7.79. The molecule has 1 heterocycles. The molecule has 0 unspecified atom stereocenters. The number of hydrogen-bond acceptors (Lipinski definition) is 6. The second kappa shape index (κ2) is 4.94. The molecule has 8 heteroatoms. The summed E-state index contributed by atoms with van der Waals surface area (Å²) in [6.07, 6.45) is 1.07. The van der Waals surface area contributed by atoms with Crippen molar-refractivity contribution in [2.24, 2.45) is 0 Å². The van der Waals surface area contributed by atoms with Crippen LogP contribution in [0.25, 0.3) is 0 Å². The Morgan fingerprint density at radius 3 is 2.87 bits per heavy atom. The molecule has 0 radical (unpaired) electrons. The first-order valence-electron chi connectivity index (χ1n) is 4.10. The molecular formula is C7H10N4O4. The molecule has 0 saturated heterocycles. The molecule has 82 valence electrons. The molecule has 0 atom stereocenters. The van der Waals surface area contributed by atoms with Crippen molar-refractivity contribution in [3.63, 3.8) is 0 Å². The first kappa shape index (κ1) is 11.0. The van der Waals surface area contributed by atoms with E-state index in [1.807, 2.05) is 0 Å². The fourth-order valence-electron chi connectivity index (χ4n) is 0.815. The lowest BCUT2D eigenvalue weighted by Crippen LogP contribution is -2.16. The number of carboxylic acids is 1. The van der Waals surface area contributed by atoms with Gasteiger partial charge in [-0.2, -0.15) is 0 Å². The summed E-state index contributed by atoms with van der Waals surface area (Å²) in [6.45, 7) is -0.290. The topological polar surface area (TPSA) is 120 Å². The van der Waals surface area contributed by atoms with E-state index >= 15 is 0 Å². The van der Waals surface area contributed by atoms with Gasteiger partial charge in [0.25, 0.3) is 0 Å². The predicted octanol–water partition coefficient (Wildman–Crippen LogP) is -1.12. The van der Waals surface area contributed by atoms with Gasteiger partial charge in [-0.3, -0.25) is 9.59 Å². The maximum absolute atomic E-state index is 11.1. The number of nitrogens with two attached hydrogens (primary N) is 1. The summed E-state index contributed by atoms with van der Waals surface area (Å²) in [6, 6.07) is 0. The van der Waals surface area contributed by atoms with E-state index in [1.165, 1.54) is 11.0 Å². The number of carbonyl (C=O) groups is 2. The van der Waals surface area contributed by atoms with E-state index in [0.717, 1.165) is 0 Å². The van der Waals surface area contributed by atoms with E-state index in [9.17, 15) is 9.59 Å². The van der Waals surface area contributed by atoms with Crippen LogP contribution in [0.3, 0.4) is 0 Å². The number of anilines is 1. The van der Waals surface area contributed by atoms with Gasteiger partial charge in [0.1, 0.15) is 19.5 Å². The van der Waals surface area contributed by atoms with Gasteiger partial charge in [0, 0.05) is 0 Å². The summed E-state index contributed by atoms with van der Waals surface area (Å²) in [5.41, 5.74) is 5.22. The smallest absolute Gasteiger partial charge is 0.327 e. The van der Waals surface area contributed by atoms with Gasteiger partial charge in [0.2, 0.25) is 5.95 Å². The second-order valence-corrected chi connectivity index (χ2v) is 2.66. The summed E-state index contributed by atoms with van der Waals surface area (Å²) in [5.74, 6) is -1.54. The Hall–Kier alpha value is -2.12. The van der Waals surface area contributed by atoms with Crippen LogP contribution in [0.15, 0.2) is 6.33 Å². The van der Waals surface area contributed by atoms with Crippen LogP contribution in [-0.4, -0.2) is 38.4 Å². The molecule has 0 aliphatic rings. The molecule has 0 aliphatic heterocycles. The molecule has 0 amide bonds. The lowest BCUT2D eigenvalue weighted by Gasteiger charge is -2.01. The molecule has 0 fully saturated rings. The van der Waals surface area contributed by atoms with Gasteiger partial charge >= 0.3 is 11.9 Å². The van der Waals surface area contributed by atoms with Crippen molar-refractivity contribution in [2.45, 2.75) is 13.0 Å². The van der Waals surface area contributed by atoms with E-state index in [-0.39, 0.29) is 25.5 Å². The van der Waals surface area contributed by atoms with Crippen LogP contribution in [0.5, 0.6) is 0 Å². The third-order valence-electron chi connectivity index (χ3n) is 1.42. The summed E-state index contributed by atoms with van der Waals surface area (Å²) in [5, 5.41) is 11.9. The third kappa shape index (κ3) is 4.07. The van der Waals surface area contributed by atoms with Gasteiger partial charge in [0.15, 0.2) is 0 Å². The first-order valence-corrected chi connectivity index (χ1v) is 4.10. The van der Waals surface area contributed by atoms with E-state index in [1.54, 1.807) is 0 Å². The fraction of sp³-hybridized carbons (Fsp3) is 0.429. The highest BCUT2D eigenvalue weighted by molar-refractivity contribution is 5.70. The molecule has 8 nitrogen and oxygen atoms in total. The molecule has 1 aromatic rings. The van der Waals surface area contributed by atoms with Crippen LogP contribution in [0.4, 0.5) is 5.95 Å². The number of aromatic nitrogens is 3. The maximum atomic E-state index is 11.1. The number of rotatable bonds is 5. The van der Waals surface area contributed by atoms with E-state index < -0.39 is 11.9 Å². The van der Waals surface area contributed by atoms with Crippen molar-refractivity contribution in [3.8, 4) is 0 Å². The minimum atomic E-state index is -1.02. The van der Waals surface area contributed by atoms with E-state index in [4.69, 9.17) is 10.8 Å². The van der Waals surface area contributed by atoms with Crippen LogP contribution in [0.2, 0.25) is 0 Å². The molecule has 0 aromatic carbocycles. The van der Waals surface area contributed by atoms with Crippen molar-refractivity contribution in [1.29, 1.82) is 0 Å². The van der Waals surface area contributed by atoms with Crippen molar-refractivity contribution >= 4 is 17.9 Å². The zero-order valence-electron chi connectivity index (χ0n) is 7.79. The Balaban J connectivity index is 2.27. The number of hydrogen-bond donors (Lipinski definition) is 2. The molecule has 0 spiro atoms. The summed E-state index contributed by atoms with van der Waals surface area (Å²) >= 11 is 0.